The summed E-state index contributed by atoms with van der Waals surface area (Å²) in [6, 6.07) is 88.3. The zero-order valence-electron chi connectivity index (χ0n) is 42.0. The third-order valence-electron chi connectivity index (χ3n) is 15.4. The van der Waals surface area contributed by atoms with Crippen LogP contribution in [-0.2, 0) is 6.42 Å². The van der Waals surface area contributed by atoms with E-state index in [1.54, 1.807) is 0 Å². The number of benzene rings is 11. The van der Waals surface area contributed by atoms with Gasteiger partial charge in [-0.15, -0.1) is 0 Å². The summed E-state index contributed by atoms with van der Waals surface area (Å²) in [6.45, 7) is 0. The zero-order valence-corrected chi connectivity index (χ0v) is 42.0. The van der Waals surface area contributed by atoms with Gasteiger partial charge in [-0.3, -0.25) is 0 Å². The van der Waals surface area contributed by atoms with E-state index in [4.69, 9.17) is 0 Å². The Morgan fingerprint density at radius 2 is 0.855 bits per heavy atom. The second-order valence-electron chi connectivity index (χ2n) is 20.1. The molecule has 1 unspecified atom stereocenters. The Bertz CT molecular complexity index is 4200. The summed E-state index contributed by atoms with van der Waals surface area (Å²) in [6.07, 6.45) is 21.7. The fraction of sp³-hybridized carbons (Fsp3) is 0.0270. The first-order chi connectivity index (χ1) is 37.7. The van der Waals surface area contributed by atoms with Crippen LogP contribution in [0.4, 0.5) is 28.4 Å². The second-order valence-corrected chi connectivity index (χ2v) is 20.1. The van der Waals surface area contributed by atoms with E-state index in [-0.39, 0.29) is 5.92 Å². The molecule has 1 atom stereocenters. The smallest absolute Gasteiger partial charge is 0.0619 e. The molecule has 0 amide bonds. The lowest BCUT2D eigenvalue weighted by molar-refractivity contribution is 0.882. The minimum atomic E-state index is 0.170. The summed E-state index contributed by atoms with van der Waals surface area (Å²) in [5, 5.41) is 7.33. The van der Waals surface area contributed by atoms with Crippen molar-refractivity contribution in [1.29, 1.82) is 0 Å². The fourth-order valence-corrected chi connectivity index (χ4v) is 11.9. The maximum atomic E-state index is 2.51. The van der Waals surface area contributed by atoms with Crippen LogP contribution in [0.15, 0.2) is 284 Å². The first-order valence-electron chi connectivity index (χ1n) is 26.4. The molecule has 76 heavy (non-hydrogen) atoms. The molecule has 0 spiro atoms. The highest BCUT2D eigenvalue weighted by atomic mass is 15.2. The number of nitrogens with zero attached hydrogens (tertiary/aromatic N) is 2. The molecule has 14 rings (SSSR count). The van der Waals surface area contributed by atoms with Crippen LogP contribution in [0, 0.1) is 0 Å². The molecule has 11 aromatic rings. The number of fused-ring (bicyclic) bond motifs is 3. The molecule has 11 aromatic carbocycles. The van der Waals surface area contributed by atoms with Crippen LogP contribution < -0.4 is 9.80 Å². The summed E-state index contributed by atoms with van der Waals surface area (Å²) in [5.41, 5.74) is 20.8. The SMILES string of the molecule is C1=Cc2cc(-c3c4ccccc4c(N(c4ccccc4)c4ccc(C=Cc5ccccc5)cc4)c4cc5ccccc5cc34)cc3c2C2C(=CC3)C=C(N(c3ccccc3)c3ccc(C=Cc4ccccc4)cc3)C=C12. The first-order valence-corrected chi connectivity index (χ1v) is 26.4. The van der Waals surface area contributed by atoms with Gasteiger partial charge in [0.25, 0.3) is 0 Å². The number of allylic oxidation sites excluding steroid dienone is 6. The van der Waals surface area contributed by atoms with Gasteiger partial charge in [0.1, 0.15) is 0 Å². The van der Waals surface area contributed by atoms with E-state index in [2.05, 4.69) is 307 Å². The Labute approximate surface area is 444 Å². The minimum absolute atomic E-state index is 0.170. The molecule has 0 saturated heterocycles. The van der Waals surface area contributed by atoms with Crippen LogP contribution >= 0.6 is 0 Å². The highest BCUT2D eigenvalue weighted by Gasteiger charge is 2.34. The third kappa shape index (κ3) is 8.27. The van der Waals surface area contributed by atoms with Crippen molar-refractivity contribution >= 4 is 91.1 Å². The van der Waals surface area contributed by atoms with Crippen molar-refractivity contribution in [1.82, 2.24) is 0 Å². The maximum absolute atomic E-state index is 2.51. The predicted octanol–water partition coefficient (Wildman–Crippen LogP) is 19.9. The average molecular weight is 969 g/mol. The lowest BCUT2D eigenvalue weighted by Gasteiger charge is -2.37. The standard InChI is InChI=1S/C74H52N2/c1-5-17-51(18-6-1)29-31-53-33-41-64(42-34-53)75(62-23-9-3-10-24-62)66-47-59-39-37-57-45-61(46-58-38-40-60(48-66)72(59)71(57)58)73-67-27-15-16-28-68(67)74(70-50-56-22-14-13-21-55(56)49-69(70)73)76(63-25-11-4-12-26-63)65-43-35-54(36-44-65)32-30-52-19-7-2-8-20-52/h1-37,39-50,72H,38H2. The van der Waals surface area contributed by atoms with Crippen LogP contribution in [0.2, 0.25) is 0 Å². The molecule has 2 nitrogen and oxygen atoms in total. The molecule has 0 aromatic heterocycles. The number of rotatable bonds is 11. The van der Waals surface area contributed by atoms with Gasteiger partial charge >= 0.3 is 0 Å². The number of anilines is 5. The molecule has 0 fully saturated rings. The Hall–Kier alpha value is -9.76. The average Bonchev–Trinajstić information content (AvgIpc) is 3.55. The topological polar surface area (TPSA) is 6.48 Å². The van der Waals surface area contributed by atoms with Gasteiger partial charge < -0.3 is 9.80 Å². The van der Waals surface area contributed by atoms with Gasteiger partial charge in [0.2, 0.25) is 0 Å². The third-order valence-corrected chi connectivity index (χ3v) is 15.4. The summed E-state index contributed by atoms with van der Waals surface area (Å²) in [5.74, 6) is 0.170. The van der Waals surface area contributed by atoms with E-state index in [0.29, 0.717) is 0 Å². The van der Waals surface area contributed by atoms with Gasteiger partial charge in [-0.05, 0) is 168 Å². The highest BCUT2D eigenvalue weighted by molar-refractivity contribution is 6.24. The van der Waals surface area contributed by atoms with Crippen molar-refractivity contribution in [3.8, 4) is 11.1 Å². The fourth-order valence-electron chi connectivity index (χ4n) is 11.9. The van der Waals surface area contributed by atoms with Crippen molar-refractivity contribution in [2.45, 2.75) is 12.3 Å². The Morgan fingerprint density at radius 1 is 0.368 bits per heavy atom. The maximum Gasteiger partial charge on any atom is 0.0619 e. The number of hydrogen-bond acceptors (Lipinski definition) is 2. The molecule has 358 valence electrons. The molecule has 0 N–H and O–H groups in total. The van der Waals surface area contributed by atoms with Crippen LogP contribution in [0.3, 0.4) is 0 Å². The highest BCUT2D eigenvalue weighted by Crippen LogP contribution is 2.53. The summed E-state index contributed by atoms with van der Waals surface area (Å²) in [4.78, 5) is 4.87. The quantitative estimate of drug-likeness (QED) is 0.0941. The monoisotopic (exact) mass is 968 g/mol. The van der Waals surface area contributed by atoms with Crippen molar-refractivity contribution < 1.29 is 0 Å². The minimum Gasteiger partial charge on any atom is -0.310 e. The van der Waals surface area contributed by atoms with Crippen LogP contribution in [0.1, 0.15) is 44.9 Å². The van der Waals surface area contributed by atoms with Gasteiger partial charge in [0.15, 0.2) is 0 Å². The summed E-state index contributed by atoms with van der Waals surface area (Å²) in [7, 11) is 0. The number of hydrogen-bond donors (Lipinski definition) is 0. The van der Waals surface area contributed by atoms with Crippen molar-refractivity contribution in [3.63, 3.8) is 0 Å². The van der Waals surface area contributed by atoms with Gasteiger partial charge in [-0.1, -0.05) is 218 Å². The Kier molecular flexibility index (Phi) is 11.4. The molecule has 3 aliphatic carbocycles. The molecular weight excluding hydrogens is 917 g/mol. The summed E-state index contributed by atoms with van der Waals surface area (Å²) >= 11 is 0. The normalized spacial score (nSPS) is 14.5. The molecule has 0 heterocycles. The van der Waals surface area contributed by atoms with E-state index in [0.717, 1.165) is 40.4 Å². The van der Waals surface area contributed by atoms with Gasteiger partial charge in [-0.2, -0.15) is 0 Å². The van der Waals surface area contributed by atoms with Crippen LogP contribution in [0.25, 0.3) is 73.8 Å². The molecule has 0 aliphatic heterocycles. The van der Waals surface area contributed by atoms with Crippen molar-refractivity contribution in [2.24, 2.45) is 0 Å². The van der Waals surface area contributed by atoms with Gasteiger partial charge in [0.05, 0.1) is 5.69 Å². The molecular formula is C74H52N2. The Balaban J connectivity index is 0.879. The molecule has 3 aliphatic rings. The van der Waals surface area contributed by atoms with Crippen molar-refractivity contribution in [3.05, 3.63) is 323 Å². The van der Waals surface area contributed by atoms with Crippen LogP contribution in [-0.4, -0.2) is 0 Å². The largest absolute Gasteiger partial charge is 0.310 e. The van der Waals surface area contributed by atoms with E-state index in [1.165, 1.54) is 93.7 Å². The molecule has 0 saturated carbocycles. The molecule has 0 radical (unpaired) electrons. The summed E-state index contributed by atoms with van der Waals surface area (Å²) < 4.78 is 0. The first kappa shape index (κ1) is 44.9. The predicted molar refractivity (Wildman–Crippen MR) is 325 cm³/mol. The van der Waals surface area contributed by atoms with E-state index >= 15 is 0 Å². The lowest BCUT2D eigenvalue weighted by atomic mass is 9.70. The van der Waals surface area contributed by atoms with E-state index in [1.807, 2.05) is 0 Å². The Morgan fingerprint density at radius 3 is 1.46 bits per heavy atom. The van der Waals surface area contributed by atoms with Crippen molar-refractivity contribution in [2.75, 3.05) is 9.80 Å². The van der Waals surface area contributed by atoms with Crippen LogP contribution in [0.5, 0.6) is 0 Å². The van der Waals surface area contributed by atoms with Gasteiger partial charge in [-0.25, -0.2) is 0 Å². The van der Waals surface area contributed by atoms with E-state index in [9.17, 15) is 0 Å². The molecule has 2 heteroatoms. The second kappa shape index (κ2) is 19.3. The zero-order chi connectivity index (χ0) is 50.4. The molecule has 0 bridgehead atoms. The van der Waals surface area contributed by atoms with Gasteiger partial charge in [0, 0.05) is 45.1 Å². The number of para-hydroxylation sites is 2. The van der Waals surface area contributed by atoms with E-state index < -0.39 is 0 Å². The lowest BCUT2D eigenvalue weighted by Crippen LogP contribution is -2.23.